The fourth-order valence-electron chi connectivity index (χ4n) is 3.49. The first-order valence-electron chi connectivity index (χ1n) is 9.01. The number of anilines is 2. The molecule has 0 saturated carbocycles. The highest BCUT2D eigenvalue weighted by molar-refractivity contribution is 6.08. The number of aromatic nitrogens is 2. The molecule has 8 heteroatoms. The molecule has 0 saturated heterocycles. The zero-order valence-corrected chi connectivity index (χ0v) is 15.6. The lowest BCUT2D eigenvalue weighted by atomic mass is 10.1. The van der Waals surface area contributed by atoms with E-state index < -0.39 is 4.92 Å². The highest BCUT2D eigenvalue weighted by Gasteiger charge is 2.29. The smallest absolute Gasteiger partial charge is 0.273 e. The molecule has 4 rings (SSSR count). The third kappa shape index (κ3) is 2.92. The molecule has 2 heterocycles. The van der Waals surface area contributed by atoms with Crippen LogP contribution in [0.4, 0.5) is 17.3 Å². The molecule has 1 amide bonds. The van der Waals surface area contributed by atoms with Gasteiger partial charge in [0, 0.05) is 37.3 Å². The molecule has 0 atom stereocenters. The number of nitro benzene ring substituents is 1. The molecule has 0 N–H and O–H groups in total. The van der Waals surface area contributed by atoms with Crippen LogP contribution in [-0.4, -0.2) is 40.9 Å². The van der Waals surface area contributed by atoms with Crippen LogP contribution in [0.2, 0.25) is 0 Å². The van der Waals surface area contributed by atoms with E-state index in [9.17, 15) is 14.9 Å². The van der Waals surface area contributed by atoms with Crippen LogP contribution in [0, 0.1) is 17.0 Å². The molecular weight excluding hydrogens is 358 g/mol. The van der Waals surface area contributed by atoms with Crippen LogP contribution in [0.25, 0.3) is 11.0 Å². The lowest BCUT2D eigenvalue weighted by Crippen LogP contribution is -2.33. The number of carbonyl (C=O) groups excluding carboxylic acids is 1. The Kier molecular flexibility index (Phi) is 4.38. The van der Waals surface area contributed by atoms with Crippen LogP contribution in [0.5, 0.6) is 0 Å². The van der Waals surface area contributed by atoms with Gasteiger partial charge in [-0.25, -0.2) is 9.97 Å². The molecule has 1 aromatic heterocycles. The first kappa shape index (κ1) is 17.8. The van der Waals surface area contributed by atoms with Gasteiger partial charge in [-0.05, 0) is 31.5 Å². The first-order chi connectivity index (χ1) is 13.5. The van der Waals surface area contributed by atoms with Gasteiger partial charge in [-0.1, -0.05) is 18.2 Å². The molecular formula is C20H19N5O3. The fourth-order valence-corrected chi connectivity index (χ4v) is 3.49. The maximum absolute atomic E-state index is 13.4. The van der Waals surface area contributed by atoms with E-state index in [1.54, 1.807) is 17.9 Å². The van der Waals surface area contributed by atoms with Crippen molar-refractivity contribution in [2.75, 3.05) is 29.9 Å². The number of hydrogen-bond donors (Lipinski definition) is 0. The molecule has 0 radical (unpaired) electrons. The molecule has 1 aliphatic rings. The largest absolute Gasteiger partial charge is 0.357 e. The Balaban J connectivity index is 1.86. The molecule has 0 fully saturated rings. The van der Waals surface area contributed by atoms with Crippen molar-refractivity contribution < 1.29 is 9.72 Å². The van der Waals surface area contributed by atoms with E-state index >= 15 is 0 Å². The van der Waals surface area contributed by atoms with Crippen molar-refractivity contribution in [3.8, 4) is 0 Å². The number of benzene rings is 2. The number of carbonyl (C=O) groups is 1. The minimum Gasteiger partial charge on any atom is -0.357 e. The van der Waals surface area contributed by atoms with Crippen molar-refractivity contribution in [2.24, 2.45) is 0 Å². The third-order valence-electron chi connectivity index (χ3n) is 5.00. The highest BCUT2D eigenvalue weighted by atomic mass is 16.6. The van der Waals surface area contributed by atoms with Gasteiger partial charge in [0.05, 0.1) is 16.0 Å². The van der Waals surface area contributed by atoms with Crippen LogP contribution >= 0.6 is 0 Å². The maximum Gasteiger partial charge on any atom is 0.273 e. The molecule has 28 heavy (non-hydrogen) atoms. The minimum absolute atomic E-state index is 0.0670. The topological polar surface area (TPSA) is 92.5 Å². The predicted octanol–water partition coefficient (Wildman–Crippen LogP) is 3.33. The summed E-state index contributed by atoms with van der Waals surface area (Å²) in [4.78, 5) is 37.2. The molecule has 1 aliphatic heterocycles. The average molecular weight is 377 g/mol. The Morgan fingerprint density at radius 3 is 2.39 bits per heavy atom. The SMILES string of the molecule is Cc1c(C(=O)N2CCCN(C)c3nc4ccccc4nc32)cccc1[N+](=O)[O-]. The molecule has 0 spiro atoms. The summed E-state index contributed by atoms with van der Waals surface area (Å²) in [5.41, 5.74) is 2.05. The quantitative estimate of drug-likeness (QED) is 0.502. The number of rotatable bonds is 2. The molecule has 2 aromatic carbocycles. The fraction of sp³-hybridized carbons (Fsp3) is 0.250. The van der Waals surface area contributed by atoms with E-state index in [1.165, 1.54) is 12.1 Å². The number of amides is 1. The molecule has 0 bridgehead atoms. The number of fused-ring (bicyclic) bond motifs is 2. The molecule has 3 aromatic rings. The summed E-state index contributed by atoms with van der Waals surface area (Å²) in [5, 5.41) is 11.3. The predicted molar refractivity (Wildman–Crippen MR) is 107 cm³/mol. The van der Waals surface area contributed by atoms with Crippen LogP contribution in [-0.2, 0) is 0 Å². The Labute approximate surface area is 161 Å². The van der Waals surface area contributed by atoms with E-state index in [0.29, 0.717) is 34.8 Å². The first-order valence-corrected chi connectivity index (χ1v) is 9.01. The van der Waals surface area contributed by atoms with Crippen LogP contribution in [0.15, 0.2) is 42.5 Å². The maximum atomic E-state index is 13.4. The monoisotopic (exact) mass is 377 g/mol. The third-order valence-corrected chi connectivity index (χ3v) is 5.00. The van der Waals surface area contributed by atoms with Gasteiger partial charge >= 0.3 is 0 Å². The number of hydrogen-bond acceptors (Lipinski definition) is 6. The van der Waals surface area contributed by atoms with Crippen molar-refractivity contribution in [3.05, 3.63) is 63.7 Å². The van der Waals surface area contributed by atoms with Crippen molar-refractivity contribution in [1.29, 1.82) is 0 Å². The summed E-state index contributed by atoms with van der Waals surface area (Å²) in [6.45, 7) is 2.80. The zero-order chi connectivity index (χ0) is 19.8. The van der Waals surface area contributed by atoms with Crippen LogP contribution in [0.1, 0.15) is 22.3 Å². The second-order valence-electron chi connectivity index (χ2n) is 6.80. The number of nitro groups is 1. The van der Waals surface area contributed by atoms with Crippen molar-refractivity contribution in [2.45, 2.75) is 13.3 Å². The van der Waals surface area contributed by atoms with Crippen molar-refractivity contribution in [1.82, 2.24) is 9.97 Å². The Morgan fingerprint density at radius 1 is 1.04 bits per heavy atom. The standard InChI is InChI=1S/C20H19N5O3/c1-13-14(7-5-10-17(13)25(27)28)20(26)24-12-6-11-23(2)18-19(24)22-16-9-4-3-8-15(16)21-18/h3-5,7-10H,6,11-12H2,1-2H3. The molecule has 8 nitrogen and oxygen atoms in total. The second-order valence-corrected chi connectivity index (χ2v) is 6.80. The van der Waals surface area contributed by atoms with Gasteiger partial charge in [0.2, 0.25) is 0 Å². The number of nitrogens with zero attached hydrogens (tertiary/aromatic N) is 5. The van der Waals surface area contributed by atoms with Gasteiger partial charge in [0.1, 0.15) is 0 Å². The zero-order valence-electron chi connectivity index (χ0n) is 15.6. The van der Waals surface area contributed by atoms with Crippen molar-refractivity contribution in [3.63, 3.8) is 0 Å². The van der Waals surface area contributed by atoms with E-state index in [4.69, 9.17) is 9.97 Å². The van der Waals surface area contributed by atoms with Gasteiger partial charge in [-0.3, -0.25) is 19.8 Å². The van der Waals surface area contributed by atoms with Crippen molar-refractivity contribution >= 4 is 34.3 Å². The van der Waals surface area contributed by atoms with Gasteiger partial charge in [0.15, 0.2) is 11.6 Å². The summed E-state index contributed by atoms with van der Waals surface area (Å²) >= 11 is 0. The lowest BCUT2D eigenvalue weighted by molar-refractivity contribution is -0.385. The van der Waals surface area contributed by atoms with E-state index in [-0.39, 0.29) is 11.6 Å². The van der Waals surface area contributed by atoms with Crippen LogP contribution in [0.3, 0.4) is 0 Å². The number of para-hydroxylation sites is 2. The van der Waals surface area contributed by atoms with Gasteiger partial charge in [-0.15, -0.1) is 0 Å². The van der Waals surface area contributed by atoms with Gasteiger partial charge in [-0.2, -0.15) is 0 Å². The Hall–Kier alpha value is -3.55. The highest BCUT2D eigenvalue weighted by Crippen LogP contribution is 2.32. The Morgan fingerprint density at radius 2 is 1.71 bits per heavy atom. The van der Waals surface area contributed by atoms with Gasteiger partial charge in [0.25, 0.3) is 11.6 Å². The molecule has 0 aliphatic carbocycles. The normalized spacial score (nSPS) is 13.9. The summed E-state index contributed by atoms with van der Waals surface area (Å²) in [6.07, 6.45) is 0.741. The summed E-state index contributed by atoms with van der Waals surface area (Å²) in [6, 6.07) is 12.1. The summed E-state index contributed by atoms with van der Waals surface area (Å²) in [5.74, 6) is 0.810. The van der Waals surface area contributed by atoms with E-state index in [0.717, 1.165) is 18.5 Å². The summed E-state index contributed by atoms with van der Waals surface area (Å²) < 4.78 is 0. The summed E-state index contributed by atoms with van der Waals surface area (Å²) in [7, 11) is 1.93. The van der Waals surface area contributed by atoms with E-state index in [2.05, 4.69) is 0 Å². The minimum atomic E-state index is -0.469. The second kappa shape index (κ2) is 6.88. The molecule has 0 unspecified atom stereocenters. The average Bonchev–Trinajstić information content (AvgIpc) is 2.84. The van der Waals surface area contributed by atoms with Gasteiger partial charge < -0.3 is 4.90 Å². The van der Waals surface area contributed by atoms with E-state index in [1.807, 2.05) is 36.2 Å². The molecule has 142 valence electrons. The lowest BCUT2D eigenvalue weighted by Gasteiger charge is -2.23. The van der Waals surface area contributed by atoms with Crippen LogP contribution < -0.4 is 9.80 Å². The Bertz CT molecular complexity index is 1100.